The summed E-state index contributed by atoms with van der Waals surface area (Å²) in [5.41, 5.74) is 1.69. The molecule has 1 fully saturated rings. The SMILES string of the molecule is C[C@@H](NC(=O)C1CCN(C(=O)c2cccc(Cl)c2)CC1)c1ccccc1. The van der Waals surface area contributed by atoms with E-state index in [9.17, 15) is 9.59 Å². The molecule has 1 aliphatic rings. The Bertz CT molecular complexity index is 771. The van der Waals surface area contributed by atoms with E-state index >= 15 is 0 Å². The van der Waals surface area contributed by atoms with Gasteiger partial charge in [0.2, 0.25) is 5.91 Å². The molecule has 3 rings (SSSR count). The van der Waals surface area contributed by atoms with Crippen molar-refractivity contribution in [3.63, 3.8) is 0 Å². The number of nitrogens with zero attached hydrogens (tertiary/aromatic N) is 1. The summed E-state index contributed by atoms with van der Waals surface area (Å²) in [5.74, 6) is -0.00945. The fraction of sp³-hybridized carbons (Fsp3) is 0.333. The highest BCUT2D eigenvalue weighted by Crippen LogP contribution is 2.22. The monoisotopic (exact) mass is 370 g/mol. The topological polar surface area (TPSA) is 49.4 Å². The molecule has 0 aliphatic carbocycles. The Morgan fingerprint density at radius 2 is 1.77 bits per heavy atom. The van der Waals surface area contributed by atoms with Gasteiger partial charge in [0.25, 0.3) is 5.91 Å². The summed E-state index contributed by atoms with van der Waals surface area (Å²) < 4.78 is 0. The maximum Gasteiger partial charge on any atom is 0.253 e. The number of carbonyl (C=O) groups excluding carboxylic acids is 2. The maximum atomic E-state index is 12.6. The third kappa shape index (κ3) is 4.44. The Morgan fingerprint density at radius 1 is 1.08 bits per heavy atom. The van der Waals surface area contributed by atoms with Crippen molar-refractivity contribution in [3.05, 3.63) is 70.7 Å². The molecule has 1 atom stereocenters. The summed E-state index contributed by atoms with van der Waals surface area (Å²) in [6.45, 7) is 3.16. The van der Waals surface area contributed by atoms with Crippen molar-refractivity contribution in [1.29, 1.82) is 0 Å². The highest BCUT2D eigenvalue weighted by Gasteiger charge is 2.28. The summed E-state index contributed by atoms with van der Waals surface area (Å²) >= 11 is 5.97. The molecule has 0 aromatic heterocycles. The van der Waals surface area contributed by atoms with E-state index in [1.165, 1.54) is 0 Å². The summed E-state index contributed by atoms with van der Waals surface area (Å²) in [5, 5.41) is 3.64. The lowest BCUT2D eigenvalue weighted by Crippen LogP contribution is -2.43. The fourth-order valence-electron chi connectivity index (χ4n) is 3.31. The Balaban J connectivity index is 1.53. The molecule has 0 unspecified atom stereocenters. The lowest BCUT2D eigenvalue weighted by molar-refractivity contribution is -0.126. The van der Waals surface area contributed by atoms with Gasteiger partial charge in [0.1, 0.15) is 0 Å². The molecule has 2 aromatic rings. The van der Waals surface area contributed by atoms with Gasteiger partial charge in [-0.15, -0.1) is 0 Å². The molecular formula is C21H23ClN2O2. The van der Waals surface area contributed by atoms with Crippen molar-refractivity contribution in [2.24, 2.45) is 5.92 Å². The number of hydrogen-bond acceptors (Lipinski definition) is 2. The number of benzene rings is 2. The minimum Gasteiger partial charge on any atom is -0.349 e. The van der Waals surface area contributed by atoms with E-state index in [4.69, 9.17) is 11.6 Å². The van der Waals surface area contributed by atoms with Crippen molar-refractivity contribution in [2.45, 2.75) is 25.8 Å². The van der Waals surface area contributed by atoms with E-state index < -0.39 is 0 Å². The van der Waals surface area contributed by atoms with E-state index in [-0.39, 0.29) is 23.8 Å². The van der Waals surface area contributed by atoms with E-state index in [2.05, 4.69) is 5.32 Å². The van der Waals surface area contributed by atoms with Crippen molar-refractivity contribution < 1.29 is 9.59 Å². The minimum absolute atomic E-state index is 0.0187. The van der Waals surface area contributed by atoms with Gasteiger partial charge in [0.15, 0.2) is 0 Å². The second kappa shape index (κ2) is 8.37. The fourth-order valence-corrected chi connectivity index (χ4v) is 3.50. The first-order chi connectivity index (χ1) is 12.5. The number of nitrogens with one attached hydrogen (secondary N) is 1. The van der Waals surface area contributed by atoms with Crippen molar-refractivity contribution >= 4 is 23.4 Å². The summed E-state index contributed by atoms with van der Waals surface area (Å²) in [4.78, 5) is 26.9. The molecule has 1 heterocycles. The molecule has 1 aliphatic heterocycles. The van der Waals surface area contributed by atoms with Crippen molar-refractivity contribution in [3.8, 4) is 0 Å². The van der Waals surface area contributed by atoms with Gasteiger partial charge in [-0.2, -0.15) is 0 Å². The number of piperidine rings is 1. The third-order valence-corrected chi connectivity index (χ3v) is 5.12. The second-order valence-corrected chi connectivity index (χ2v) is 7.15. The van der Waals surface area contributed by atoms with E-state index in [0.717, 1.165) is 5.56 Å². The first-order valence-corrected chi connectivity index (χ1v) is 9.32. The average Bonchev–Trinajstić information content (AvgIpc) is 2.68. The summed E-state index contributed by atoms with van der Waals surface area (Å²) in [6, 6.07) is 16.9. The molecule has 26 heavy (non-hydrogen) atoms. The first kappa shape index (κ1) is 18.5. The number of halogens is 1. The molecule has 5 heteroatoms. The number of rotatable bonds is 4. The third-order valence-electron chi connectivity index (χ3n) is 4.88. The molecule has 4 nitrogen and oxygen atoms in total. The minimum atomic E-state index is -0.0513. The Labute approximate surface area is 159 Å². The van der Waals surface area contributed by atoms with Gasteiger partial charge in [-0.25, -0.2) is 0 Å². The molecule has 2 aromatic carbocycles. The number of hydrogen-bond donors (Lipinski definition) is 1. The quantitative estimate of drug-likeness (QED) is 0.881. The van der Waals surface area contributed by atoms with Crippen LogP contribution in [0, 0.1) is 5.92 Å². The average molecular weight is 371 g/mol. The predicted molar refractivity (Wildman–Crippen MR) is 103 cm³/mol. The van der Waals surface area contributed by atoms with Gasteiger partial charge < -0.3 is 10.2 Å². The van der Waals surface area contributed by atoms with Crippen LogP contribution in [0.4, 0.5) is 0 Å². The van der Waals surface area contributed by atoms with Crippen LogP contribution in [0.1, 0.15) is 41.7 Å². The normalized spacial score (nSPS) is 16.2. The van der Waals surface area contributed by atoms with Gasteiger partial charge in [-0.05, 0) is 43.5 Å². The van der Waals surface area contributed by atoms with E-state index in [0.29, 0.717) is 36.5 Å². The van der Waals surface area contributed by atoms with Crippen LogP contribution in [0.25, 0.3) is 0 Å². The van der Waals surface area contributed by atoms with Crippen molar-refractivity contribution in [1.82, 2.24) is 10.2 Å². The van der Waals surface area contributed by atoms with Crippen LogP contribution in [0.2, 0.25) is 5.02 Å². The Hall–Kier alpha value is -2.33. The summed E-state index contributed by atoms with van der Waals surface area (Å²) in [6.07, 6.45) is 1.36. The van der Waals surface area contributed by atoms with E-state index in [1.54, 1.807) is 29.2 Å². The first-order valence-electron chi connectivity index (χ1n) is 8.95. The van der Waals surface area contributed by atoms with Crippen LogP contribution < -0.4 is 5.32 Å². The van der Waals surface area contributed by atoms with Gasteiger partial charge in [0, 0.05) is 29.6 Å². The number of amides is 2. The molecule has 2 amide bonds. The molecule has 0 saturated carbocycles. The molecule has 1 N–H and O–H groups in total. The van der Waals surface area contributed by atoms with Crippen LogP contribution in [-0.4, -0.2) is 29.8 Å². The smallest absolute Gasteiger partial charge is 0.253 e. The summed E-state index contributed by atoms with van der Waals surface area (Å²) in [7, 11) is 0. The zero-order valence-electron chi connectivity index (χ0n) is 14.8. The highest BCUT2D eigenvalue weighted by atomic mass is 35.5. The van der Waals surface area contributed by atoms with Gasteiger partial charge >= 0.3 is 0 Å². The van der Waals surface area contributed by atoms with Gasteiger partial charge in [-0.1, -0.05) is 48.0 Å². The van der Waals surface area contributed by atoms with Crippen LogP contribution >= 0.6 is 11.6 Å². The van der Waals surface area contributed by atoms with Gasteiger partial charge in [-0.3, -0.25) is 9.59 Å². The standard InChI is InChI=1S/C21H23ClN2O2/c1-15(16-6-3-2-4-7-16)23-20(25)17-10-12-24(13-11-17)21(26)18-8-5-9-19(22)14-18/h2-9,14-15,17H,10-13H2,1H3,(H,23,25)/t15-/m1/s1. The Kier molecular flexibility index (Phi) is 5.94. The molecule has 1 saturated heterocycles. The highest BCUT2D eigenvalue weighted by molar-refractivity contribution is 6.30. The number of carbonyl (C=O) groups is 2. The molecule has 0 spiro atoms. The van der Waals surface area contributed by atoms with Gasteiger partial charge in [0.05, 0.1) is 6.04 Å². The largest absolute Gasteiger partial charge is 0.349 e. The maximum absolute atomic E-state index is 12.6. The number of likely N-dealkylation sites (tertiary alicyclic amines) is 1. The molecule has 0 radical (unpaired) electrons. The lowest BCUT2D eigenvalue weighted by atomic mass is 9.94. The predicted octanol–water partition coefficient (Wildman–Crippen LogP) is 4.07. The van der Waals surface area contributed by atoms with E-state index in [1.807, 2.05) is 37.3 Å². The van der Waals surface area contributed by atoms with Crippen LogP contribution in [0.3, 0.4) is 0 Å². The molecule has 0 bridgehead atoms. The molecule has 136 valence electrons. The zero-order valence-corrected chi connectivity index (χ0v) is 15.6. The Morgan fingerprint density at radius 3 is 2.42 bits per heavy atom. The molecular weight excluding hydrogens is 348 g/mol. The zero-order chi connectivity index (χ0) is 18.5. The van der Waals surface area contributed by atoms with Crippen LogP contribution in [0.15, 0.2) is 54.6 Å². The second-order valence-electron chi connectivity index (χ2n) is 6.72. The van der Waals surface area contributed by atoms with Crippen LogP contribution in [0.5, 0.6) is 0 Å². The van der Waals surface area contributed by atoms with Crippen LogP contribution in [-0.2, 0) is 4.79 Å². The van der Waals surface area contributed by atoms with Crippen molar-refractivity contribution in [2.75, 3.05) is 13.1 Å². The lowest BCUT2D eigenvalue weighted by Gasteiger charge is -2.32.